The van der Waals surface area contributed by atoms with E-state index in [-0.39, 0.29) is 5.91 Å². The number of rotatable bonds is 4. The van der Waals surface area contributed by atoms with Crippen molar-refractivity contribution in [2.24, 2.45) is 0 Å². The summed E-state index contributed by atoms with van der Waals surface area (Å²) < 4.78 is 10.7. The summed E-state index contributed by atoms with van der Waals surface area (Å²) in [6.07, 6.45) is 1.40. The number of hydrogen-bond acceptors (Lipinski definition) is 5. The molecule has 2 heterocycles. The third-order valence-electron chi connectivity index (χ3n) is 5.93. The maximum atomic E-state index is 12.8. The predicted octanol–water partition coefficient (Wildman–Crippen LogP) is 2.83. The molecule has 4 rings (SSSR count). The van der Waals surface area contributed by atoms with E-state index in [4.69, 9.17) is 21.7 Å². The Hall–Kier alpha value is -3.00. The minimum absolute atomic E-state index is 0.0966. The van der Waals surface area contributed by atoms with Gasteiger partial charge in [0.2, 0.25) is 5.91 Å². The lowest BCUT2D eigenvalue weighted by molar-refractivity contribution is -0.124. The molecular weight excluding hydrogens is 400 g/mol. The molecule has 0 bridgehead atoms. The quantitative estimate of drug-likeness (QED) is 0.729. The van der Waals surface area contributed by atoms with E-state index in [9.17, 15) is 4.79 Å². The topological polar surface area (TPSA) is 66.1 Å². The SMILES string of the molecule is COc1ccc(OC)c(NC(=S)N2CCC3(CC2)C(=O)NCN3c2ccccc2)c1. The van der Waals surface area contributed by atoms with Crippen molar-refractivity contribution >= 4 is 34.6 Å². The number of amides is 1. The lowest BCUT2D eigenvalue weighted by Gasteiger charge is -2.44. The van der Waals surface area contributed by atoms with Gasteiger partial charge in [-0.3, -0.25) is 4.79 Å². The number of ether oxygens (including phenoxy) is 2. The average molecular weight is 427 g/mol. The first-order chi connectivity index (χ1) is 14.6. The average Bonchev–Trinajstić information content (AvgIpc) is 3.10. The first kappa shape index (κ1) is 20.3. The van der Waals surface area contributed by atoms with Crippen molar-refractivity contribution in [1.82, 2.24) is 10.2 Å². The number of carbonyl (C=O) groups excluding carboxylic acids is 1. The van der Waals surface area contributed by atoms with E-state index in [0.717, 1.165) is 17.1 Å². The predicted molar refractivity (Wildman–Crippen MR) is 121 cm³/mol. The minimum atomic E-state index is -0.527. The normalized spacial score (nSPS) is 17.6. The molecule has 2 saturated heterocycles. The molecule has 158 valence electrons. The molecule has 2 N–H and O–H groups in total. The van der Waals surface area contributed by atoms with Crippen LogP contribution in [0.3, 0.4) is 0 Å². The summed E-state index contributed by atoms with van der Waals surface area (Å²) in [6, 6.07) is 15.6. The second-order valence-corrected chi connectivity index (χ2v) is 7.83. The van der Waals surface area contributed by atoms with Gasteiger partial charge in [-0.05, 0) is 49.3 Å². The fourth-order valence-electron chi connectivity index (χ4n) is 4.22. The molecule has 0 atom stereocenters. The minimum Gasteiger partial charge on any atom is -0.497 e. The zero-order valence-corrected chi connectivity index (χ0v) is 18.0. The van der Waals surface area contributed by atoms with Crippen LogP contribution < -0.4 is 25.0 Å². The van der Waals surface area contributed by atoms with Crippen LogP contribution in [0.1, 0.15) is 12.8 Å². The van der Waals surface area contributed by atoms with Gasteiger partial charge in [0.15, 0.2) is 5.11 Å². The van der Waals surface area contributed by atoms with E-state index < -0.39 is 5.54 Å². The van der Waals surface area contributed by atoms with Crippen LogP contribution in [0.15, 0.2) is 48.5 Å². The molecule has 2 aliphatic rings. The summed E-state index contributed by atoms with van der Waals surface area (Å²) in [5.41, 5.74) is 1.29. The van der Waals surface area contributed by atoms with Crippen molar-refractivity contribution in [3.63, 3.8) is 0 Å². The molecule has 0 unspecified atom stereocenters. The van der Waals surface area contributed by atoms with Crippen LogP contribution in [0, 0.1) is 0 Å². The van der Waals surface area contributed by atoms with Gasteiger partial charge in [-0.25, -0.2) is 0 Å². The number of nitrogens with one attached hydrogen (secondary N) is 2. The Morgan fingerprint density at radius 1 is 1.10 bits per heavy atom. The standard InChI is InChI=1S/C22H26N4O3S/c1-28-17-8-9-19(29-2)18(14-17)24-21(30)25-12-10-22(11-13-25)20(27)23-15-26(22)16-6-4-3-5-7-16/h3-9,14H,10-13,15H2,1-2H3,(H,23,27)(H,24,30). The molecule has 0 aliphatic carbocycles. The number of para-hydroxylation sites is 1. The molecule has 2 aromatic rings. The number of carbonyl (C=O) groups is 1. The number of anilines is 2. The monoisotopic (exact) mass is 426 g/mol. The number of methoxy groups -OCH3 is 2. The summed E-state index contributed by atoms with van der Waals surface area (Å²) >= 11 is 5.66. The highest BCUT2D eigenvalue weighted by Crippen LogP contribution is 2.36. The van der Waals surface area contributed by atoms with Crippen molar-refractivity contribution in [1.29, 1.82) is 0 Å². The number of piperidine rings is 1. The summed E-state index contributed by atoms with van der Waals surface area (Å²) in [4.78, 5) is 17.1. The highest BCUT2D eigenvalue weighted by Gasteiger charge is 2.50. The van der Waals surface area contributed by atoms with Crippen LogP contribution >= 0.6 is 12.2 Å². The summed E-state index contributed by atoms with van der Waals surface area (Å²) in [5, 5.41) is 6.92. The second-order valence-electron chi connectivity index (χ2n) is 7.44. The molecule has 2 aliphatic heterocycles. The number of likely N-dealkylation sites (tertiary alicyclic amines) is 1. The molecule has 7 nitrogen and oxygen atoms in total. The zero-order valence-electron chi connectivity index (χ0n) is 17.2. The van der Waals surface area contributed by atoms with Crippen molar-refractivity contribution < 1.29 is 14.3 Å². The van der Waals surface area contributed by atoms with Crippen LogP contribution in [0.25, 0.3) is 0 Å². The lowest BCUT2D eigenvalue weighted by atomic mass is 9.86. The van der Waals surface area contributed by atoms with E-state index in [1.807, 2.05) is 36.4 Å². The van der Waals surface area contributed by atoms with E-state index in [1.165, 1.54) is 0 Å². The van der Waals surface area contributed by atoms with Gasteiger partial charge in [0.05, 0.1) is 26.6 Å². The first-order valence-corrected chi connectivity index (χ1v) is 10.4. The van der Waals surface area contributed by atoms with Gasteiger partial charge in [-0.2, -0.15) is 0 Å². The van der Waals surface area contributed by atoms with Crippen LogP contribution in [0.2, 0.25) is 0 Å². The third-order valence-corrected chi connectivity index (χ3v) is 6.29. The molecule has 2 aromatic carbocycles. The zero-order chi connectivity index (χ0) is 21.1. The Morgan fingerprint density at radius 2 is 1.83 bits per heavy atom. The van der Waals surface area contributed by atoms with Crippen molar-refractivity contribution in [2.45, 2.75) is 18.4 Å². The Bertz CT molecular complexity index is 929. The summed E-state index contributed by atoms with van der Waals surface area (Å²) in [5.74, 6) is 1.51. The molecular formula is C22H26N4O3S. The van der Waals surface area contributed by atoms with Gasteiger partial charge in [0.1, 0.15) is 17.0 Å². The van der Waals surface area contributed by atoms with Gasteiger partial charge in [0.25, 0.3) is 0 Å². The highest BCUT2D eigenvalue weighted by atomic mass is 32.1. The van der Waals surface area contributed by atoms with E-state index in [0.29, 0.717) is 43.5 Å². The van der Waals surface area contributed by atoms with E-state index in [1.54, 1.807) is 14.2 Å². The molecule has 30 heavy (non-hydrogen) atoms. The lowest BCUT2D eigenvalue weighted by Crippen LogP contribution is -2.57. The van der Waals surface area contributed by atoms with Gasteiger partial charge < -0.3 is 29.9 Å². The maximum Gasteiger partial charge on any atom is 0.247 e. The van der Waals surface area contributed by atoms with E-state index in [2.05, 4.69) is 32.6 Å². The Morgan fingerprint density at radius 3 is 2.50 bits per heavy atom. The maximum absolute atomic E-state index is 12.8. The van der Waals surface area contributed by atoms with Gasteiger partial charge in [0, 0.05) is 24.8 Å². The van der Waals surface area contributed by atoms with Crippen molar-refractivity contribution in [3.8, 4) is 11.5 Å². The fourth-order valence-corrected chi connectivity index (χ4v) is 4.51. The van der Waals surface area contributed by atoms with Crippen LogP contribution in [-0.2, 0) is 4.79 Å². The Kier molecular flexibility index (Phi) is 5.67. The third kappa shape index (κ3) is 3.63. The smallest absolute Gasteiger partial charge is 0.247 e. The molecule has 0 saturated carbocycles. The molecule has 1 amide bonds. The molecule has 2 fully saturated rings. The molecule has 1 spiro atoms. The number of nitrogens with zero attached hydrogens (tertiary/aromatic N) is 2. The van der Waals surface area contributed by atoms with Crippen LogP contribution in [0.5, 0.6) is 11.5 Å². The number of hydrogen-bond donors (Lipinski definition) is 2. The van der Waals surface area contributed by atoms with Crippen LogP contribution in [0.4, 0.5) is 11.4 Å². The van der Waals surface area contributed by atoms with Crippen LogP contribution in [-0.4, -0.2) is 55.4 Å². The summed E-state index contributed by atoms with van der Waals surface area (Å²) in [6.45, 7) is 1.91. The Balaban J connectivity index is 1.46. The van der Waals surface area contributed by atoms with E-state index >= 15 is 0 Å². The Labute approximate surface area is 181 Å². The van der Waals surface area contributed by atoms with Gasteiger partial charge >= 0.3 is 0 Å². The van der Waals surface area contributed by atoms with Crippen molar-refractivity contribution in [3.05, 3.63) is 48.5 Å². The van der Waals surface area contributed by atoms with Gasteiger partial charge in [-0.1, -0.05) is 18.2 Å². The van der Waals surface area contributed by atoms with Crippen molar-refractivity contribution in [2.75, 3.05) is 44.2 Å². The second kappa shape index (κ2) is 8.39. The molecule has 8 heteroatoms. The summed E-state index contributed by atoms with van der Waals surface area (Å²) in [7, 11) is 3.25. The molecule has 0 aromatic heterocycles. The highest BCUT2D eigenvalue weighted by molar-refractivity contribution is 7.80. The molecule has 0 radical (unpaired) electrons. The first-order valence-electron chi connectivity index (χ1n) is 9.96. The fraction of sp³-hybridized carbons (Fsp3) is 0.364. The number of benzene rings is 2. The number of thiocarbonyl (C=S) groups is 1. The van der Waals surface area contributed by atoms with Gasteiger partial charge in [-0.15, -0.1) is 0 Å². The largest absolute Gasteiger partial charge is 0.497 e.